The van der Waals surface area contributed by atoms with Crippen LogP contribution in [-0.4, -0.2) is 6.72 Å². The summed E-state index contributed by atoms with van der Waals surface area (Å²) >= 11 is 3.16. The maximum absolute atomic E-state index is 3.48. The molecule has 0 amide bonds. The van der Waals surface area contributed by atoms with Gasteiger partial charge in [0.2, 0.25) is 0 Å². The molecular weight excluding hydrogens is 142 g/mol. The Morgan fingerprint density at radius 3 is 2.50 bits per heavy atom. The Morgan fingerprint density at radius 2 is 2.50 bits per heavy atom. The summed E-state index contributed by atoms with van der Waals surface area (Å²) in [6, 6.07) is 0. The van der Waals surface area contributed by atoms with Crippen LogP contribution in [0.2, 0.25) is 0 Å². The summed E-state index contributed by atoms with van der Waals surface area (Å²) in [4.78, 5) is 3.48. The van der Waals surface area contributed by atoms with Crippen molar-refractivity contribution in [2.24, 2.45) is 4.99 Å². The normalized spacial score (nSPS) is 11.3. The average Bonchev–Trinajstić information content (AvgIpc) is 1.35. The maximum Gasteiger partial charge on any atom is 0.0359 e. The zero-order valence-electron chi connectivity index (χ0n) is 3.61. The van der Waals surface area contributed by atoms with Gasteiger partial charge >= 0.3 is 0 Å². The molecule has 0 spiro atoms. The van der Waals surface area contributed by atoms with Crippen molar-refractivity contribution in [1.82, 2.24) is 0 Å². The predicted octanol–water partition coefficient (Wildman–Crippen LogP) is 1.94. The summed E-state index contributed by atoms with van der Waals surface area (Å²) < 4.78 is 0.998. The van der Waals surface area contributed by atoms with E-state index in [4.69, 9.17) is 0 Å². The fourth-order valence-electron chi connectivity index (χ4n) is 0.126. The minimum Gasteiger partial charge on any atom is -0.272 e. The van der Waals surface area contributed by atoms with Gasteiger partial charge < -0.3 is 0 Å². The van der Waals surface area contributed by atoms with Crippen molar-refractivity contribution in [3.8, 4) is 0 Å². The van der Waals surface area contributed by atoms with Crippen molar-refractivity contribution in [3.63, 3.8) is 0 Å². The molecule has 0 bridgehead atoms. The molecule has 2 heteroatoms. The summed E-state index contributed by atoms with van der Waals surface area (Å²) in [6.07, 6.45) is 1.64. The van der Waals surface area contributed by atoms with Gasteiger partial charge in [0.1, 0.15) is 0 Å². The van der Waals surface area contributed by atoms with Crippen molar-refractivity contribution in [2.75, 3.05) is 0 Å². The molecule has 1 nitrogen and oxygen atoms in total. The molecule has 0 aliphatic heterocycles. The van der Waals surface area contributed by atoms with Crippen LogP contribution in [-0.2, 0) is 0 Å². The SMILES string of the molecule is C=N/C=C(\C)Br. The number of halogens is 1. The second-order valence-electron chi connectivity index (χ2n) is 0.898. The van der Waals surface area contributed by atoms with Gasteiger partial charge in [-0.25, -0.2) is 0 Å². The highest BCUT2D eigenvalue weighted by atomic mass is 79.9. The second-order valence-corrected chi connectivity index (χ2v) is 2.15. The van der Waals surface area contributed by atoms with Crippen LogP contribution in [0.15, 0.2) is 15.7 Å². The number of aliphatic imine (C=N–C) groups is 1. The molecule has 0 aromatic heterocycles. The summed E-state index contributed by atoms with van der Waals surface area (Å²) in [5.74, 6) is 0. The molecule has 6 heavy (non-hydrogen) atoms. The third-order valence-electron chi connectivity index (χ3n) is 0.269. The van der Waals surface area contributed by atoms with Gasteiger partial charge in [-0.1, -0.05) is 15.9 Å². The molecule has 34 valence electrons. The van der Waals surface area contributed by atoms with Crippen LogP contribution >= 0.6 is 15.9 Å². The molecule has 0 N–H and O–H groups in total. The largest absolute Gasteiger partial charge is 0.272 e. The summed E-state index contributed by atoms with van der Waals surface area (Å²) in [5, 5.41) is 0. The highest BCUT2D eigenvalue weighted by Gasteiger charge is 1.67. The zero-order chi connectivity index (χ0) is 4.99. The molecule has 0 heterocycles. The van der Waals surface area contributed by atoms with Gasteiger partial charge in [0.05, 0.1) is 0 Å². The van der Waals surface area contributed by atoms with E-state index in [1.54, 1.807) is 6.20 Å². The van der Waals surface area contributed by atoms with E-state index in [9.17, 15) is 0 Å². The van der Waals surface area contributed by atoms with Crippen LogP contribution in [0.5, 0.6) is 0 Å². The monoisotopic (exact) mass is 147 g/mol. The van der Waals surface area contributed by atoms with E-state index in [1.165, 1.54) is 0 Å². The first kappa shape index (κ1) is 5.89. The molecule has 0 aliphatic carbocycles. The van der Waals surface area contributed by atoms with E-state index >= 15 is 0 Å². The van der Waals surface area contributed by atoms with E-state index in [2.05, 4.69) is 27.6 Å². The molecule has 0 aromatic carbocycles. The lowest BCUT2D eigenvalue weighted by molar-refractivity contribution is 1.54. The summed E-state index contributed by atoms with van der Waals surface area (Å²) in [7, 11) is 0. The summed E-state index contributed by atoms with van der Waals surface area (Å²) in [6.45, 7) is 5.14. The molecule has 0 fully saturated rings. The Labute approximate surface area is 45.9 Å². The third kappa shape index (κ3) is 3.89. The quantitative estimate of drug-likeness (QED) is 0.504. The van der Waals surface area contributed by atoms with Gasteiger partial charge in [0.25, 0.3) is 0 Å². The molecule has 0 radical (unpaired) electrons. The molecule has 0 saturated heterocycles. The van der Waals surface area contributed by atoms with Crippen molar-refractivity contribution >= 4 is 22.6 Å². The lowest BCUT2D eigenvalue weighted by Gasteiger charge is -1.73. The zero-order valence-corrected chi connectivity index (χ0v) is 5.20. The summed E-state index contributed by atoms with van der Waals surface area (Å²) in [5.41, 5.74) is 0. The van der Waals surface area contributed by atoms with E-state index < -0.39 is 0 Å². The fraction of sp³-hybridized carbons (Fsp3) is 0.250. The Morgan fingerprint density at radius 1 is 2.00 bits per heavy atom. The molecule has 0 aromatic rings. The maximum atomic E-state index is 3.48. The lowest BCUT2D eigenvalue weighted by Crippen LogP contribution is -1.48. The van der Waals surface area contributed by atoms with Crippen molar-refractivity contribution in [3.05, 3.63) is 10.7 Å². The molecule has 0 atom stereocenters. The smallest absolute Gasteiger partial charge is 0.0359 e. The predicted molar refractivity (Wildman–Crippen MR) is 32.2 cm³/mol. The van der Waals surface area contributed by atoms with Crippen LogP contribution in [0.3, 0.4) is 0 Å². The van der Waals surface area contributed by atoms with Gasteiger partial charge in [0, 0.05) is 10.7 Å². The number of hydrogen-bond acceptors (Lipinski definition) is 1. The molecular formula is C4H6BrN. The van der Waals surface area contributed by atoms with E-state index in [0.717, 1.165) is 4.48 Å². The Balaban J connectivity index is 3.41. The number of hydrogen-bond donors (Lipinski definition) is 0. The Bertz CT molecular complexity index is 71.6. The van der Waals surface area contributed by atoms with Crippen LogP contribution in [0.4, 0.5) is 0 Å². The van der Waals surface area contributed by atoms with E-state index in [-0.39, 0.29) is 0 Å². The van der Waals surface area contributed by atoms with Crippen LogP contribution in [0.25, 0.3) is 0 Å². The first-order valence-corrected chi connectivity index (χ1v) is 2.35. The van der Waals surface area contributed by atoms with Crippen LogP contribution in [0, 0.1) is 0 Å². The van der Waals surface area contributed by atoms with Gasteiger partial charge in [-0.05, 0) is 13.6 Å². The van der Waals surface area contributed by atoms with Gasteiger partial charge in [0.15, 0.2) is 0 Å². The lowest BCUT2D eigenvalue weighted by atomic mass is 10.7. The van der Waals surface area contributed by atoms with Crippen molar-refractivity contribution in [1.29, 1.82) is 0 Å². The average molecular weight is 148 g/mol. The first-order valence-electron chi connectivity index (χ1n) is 1.55. The number of allylic oxidation sites excluding steroid dienone is 1. The van der Waals surface area contributed by atoms with Crippen LogP contribution in [0.1, 0.15) is 6.92 Å². The molecule has 0 saturated carbocycles. The third-order valence-corrected chi connectivity index (χ3v) is 0.474. The van der Waals surface area contributed by atoms with Gasteiger partial charge in [-0.2, -0.15) is 0 Å². The first-order chi connectivity index (χ1) is 2.77. The topological polar surface area (TPSA) is 12.4 Å². The second kappa shape index (κ2) is 3.09. The Hall–Kier alpha value is -0.110. The van der Waals surface area contributed by atoms with Crippen LogP contribution < -0.4 is 0 Å². The molecule has 0 aliphatic rings. The highest BCUT2D eigenvalue weighted by Crippen LogP contribution is 1.99. The van der Waals surface area contributed by atoms with Crippen molar-refractivity contribution < 1.29 is 0 Å². The number of nitrogens with zero attached hydrogens (tertiary/aromatic N) is 1. The van der Waals surface area contributed by atoms with E-state index in [0.29, 0.717) is 0 Å². The Kier molecular flexibility index (Phi) is 3.04. The number of rotatable bonds is 1. The van der Waals surface area contributed by atoms with E-state index in [1.807, 2.05) is 6.92 Å². The molecule has 0 rings (SSSR count). The minimum absolute atomic E-state index is 0.998. The minimum atomic E-state index is 0.998. The van der Waals surface area contributed by atoms with Gasteiger partial charge in [-0.15, -0.1) is 0 Å². The van der Waals surface area contributed by atoms with Gasteiger partial charge in [-0.3, -0.25) is 4.99 Å². The van der Waals surface area contributed by atoms with Crippen molar-refractivity contribution in [2.45, 2.75) is 6.92 Å². The standard InChI is InChI=1S/C4H6BrN/c1-4(5)3-6-2/h3H,2H2,1H3/b4-3+. The fourth-order valence-corrected chi connectivity index (χ4v) is 0.271. The highest BCUT2D eigenvalue weighted by molar-refractivity contribution is 9.11. The molecule has 0 unspecified atom stereocenters.